The number of imidazole rings is 2. The summed E-state index contributed by atoms with van der Waals surface area (Å²) in [6.45, 7) is 15.8. The summed E-state index contributed by atoms with van der Waals surface area (Å²) >= 11 is 0. The number of nitrogens with zero attached hydrogens (tertiary/aromatic N) is 14. The largest absolute Gasteiger partial charge is 0.342 e. The summed E-state index contributed by atoms with van der Waals surface area (Å²) in [6, 6.07) is 15.4. The Morgan fingerprint density at radius 2 is 0.957 bits per heavy atom. The summed E-state index contributed by atoms with van der Waals surface area (Å²) in [5, 5.41) is 1.90. The maximum Gasteiger partial charge on any atom is 0.332 e. The molecule has 0 spiro atoms. The van der Waals surface area contributed by atoms with Crippen LogP contribution >= 0.6 is 0 Å². The summed E-state index contributed by atoms with van der Waals surface area (Å²) < 4.78 is 9.00. The molecule has 0 amide bonds. The number of fused-ring (bicyclic) bond motifs is 4. The summed E-state index contributed by atoms with van der Waals surface area (Å²) in [5.74, 6) is 15.3. The molecule has 0 aliphatic carbocycles. The predicted molar refractivity (Wildman–Crippen MR) is 273 cm³/mol. The highest BCUT2D eigenvalue weighted by Crippen LogP contribution is 2.27. The highest BCUT2D eigenvalue weighted by atomic mass is 16.2. The molecule has 18 nitrogen and oxygen atoms in total. The maximum absolute atomic E-state index is 13.8. The lowest BCUT2D eigenvalue weighted by atomic mass is 10.0. The van der Waals surface area contributed by atoms with Crippen LogP contribution in [-0.4, -0.2) is 83.5 Å². The quantitative estimate of drug-likeness (QED) is 0.188. The van der Waals surface area contributed by atoms with Gasteiger partial charge in [-0.15, -0.1) is 11.8 Å². The molecule has 2 aliphatic heterocycles. The van der Waals surface area contributed by atoms with E-state index in [4.69, 9.17) is 9.97 Å². The van der Waals surface area contributed by atoms with E-state index < -0.39 is 22.5 Å². The Kier molecular flexibility index (Phi) is 13.2. The lowest BCUT2D eigenvalue weighted by Crippen LogP contribution is -2.40. The number of aryl methyl sites for hydroxylation is 4. The number of benzene rings is 2. The number of aromatic nitrogens is 12. The molecule has 2 aliphatic rings. The molecule has 8 heterocycles. The van der Waals surface area contributed by atoms with Gasteiger partial charge in [0.2, 0.25) is 11.9 Å². The van der Waals surface area contributed by atoms with E-state index in [1.54, 1.807) is 27.9 Å². The average Bonchev–Trinajstić information content (AvgIpc) is 3.94. The van der Waals surface area contributed by atoms with E-state index in [-0.39, 0.29) is 13.1 Å². The van der Waals surface area contributed by atoms with E-state index in [0.717, 1.165) is 72.2 Å². The van der Waals surface area contributed by atoms with Crippen LogP contribution in [0.25, 0.3) is 44.1 Å². The summed E-state index contributed by atoms with van der Waals surface area (Å²) in [7, 11) is 3.30. The highest BCUT2D eigenvalue weighted by Gasteiger charge is 2.28. The number of hydrogen-bond acceptors (Lipinski definition) is 12. The molecule has 6 aromatic heterocycles. The van der Waals surface area contributed by atoms with Gasteiger partial charge in [0, 0.05) is 62.4 Å². The van der Waals surface area contributed by atoms with Gasteiger partial charge in [0.1, 0.15) is 11.6 Å². The van der Waals surface area contributed by atoms with Crippen molar-refractivity contribution in [3.05, 3.63) is 113 Å². The van der Waals surface area contributed by atoms with Gasteiger partial charge >= 0.3 is 11.4 Å². The second-order valence-electron chi connectivity index (χ2n) is 18.5. The minimum atomic E-state index is -0.443. The Bertz CT molecular complexity index is 3480. The molecule has 18 heteroatoms. The zero-order valence-electron chi connectivity index (χ0n) is 41.2. The van der Waals surface area contributed by atoms with Crippen molar-refractivity contribution in [1.29, 1.82) is 0 Å². The molecule has 70 heavy (non-hydrogen) atoms. The van der Waals surface area contributed by atoms with Crippen molar-refractivity contribution in [3.63, 3.8) is 0 Å². The SMILES string of the molecule is CC#CCn1c(N2CCC[C@@H](C)C2)nc2c1c(=O)n(Cc1nc(C)c3ccccc3n1)c(=O)n2C.CC#CCn1c(N2CCC[C@H](C)C2)nc2c1c(=O)n(Cc1nc(C)c3ccccc3n1)c(=O)n2C. The number of para-hydroxylation sites is 2. The smallest absolute Gasteiger partial charge is 0.332 e. The number of piperidine rings is 2. The van der Waals surface area contributed by atoms with Gasteiger partial charge in [-0.3, -0.25) is 37.0 Å². The molecule has 2 saturated heterocycles. The fourth-order valence-electron chi connectivity index (χ4n) is 9.85. The van der Waals surface area contributed by atoms with E-state index in [2.05, 4.69) is 67.3 Å². The third-order valence-corrected chi connectivity index (χ3v) is 13.4. The number of hydrogen-bond donors (Lipinski definition) is 0. The van der Waals surface area contributed by atoms with Crippen molar-refractivity contribution in [2.45, 2.75) is 93.4 Å². The fourth-order valence-corrected chi connectivity index (χ4v) is 9.85. The van der Waals surface area contributed by atoms with E-state index in [1.165, 1.54) is 31.1 Å². The molecule has 0 radical (unpaired) electrons. The van der Waals surface area contributed by atoms with E-state index >= 15 is 0 Å². The first kappa shape index (κ1) is 47.2. The molecule has 0 N–H and O–H groups in total. The standard InChI is InChI=1S/2C26H29N7O2/c2*1-5-6-14-32-22-23(29-25(32)31-13-9-10-17(2)15-31)30(4)26(35)33(24(22)34)16-21-27-18(3)19-11-7-8-12-20(19)28-21/h2*7-8,11-12,17H,9-10,13-16H2,1-4H3/t2*17-/m10/s1. The minimum absolute atomic E-state index is 0.0200. The summed E-state index contributed by atoms with van der Waals surface area (Å²) in [5.41, 5.74) is 2.98. The van der Waals surface area contributed by atoms with Gasteiger partial charge in [-0.05, 0) is 77.3 Å². The van der Waals surface area contributed by atoms with Gasteiger partial charge in [-0.25, -0.2) is 29.5 Å². The third kappa shape index (κ3) is 8.85. The van der Waals surface area contributed by atoms with Crippen molar-refractivity contribution in [2.24, 2.45) is 25.9 Å². The van der Waals surface area contributed by atoms with Crippen LogP contribution in [0.3, 0.4) is 0 Å². The Morgan fingerprint density at radius 3 is 1.34 bits per heavy atom. The summed E-state index contributed by atoms with van der Waals surface area (Å²) in [6.07, 6.45) is 4.46. The zero-order chi connectivity index (χ0) is 49.4. The first-order chi connectivity index (χ1) is 33.8. The van der Waals surface area contributed by atoms with Crippen LogP contribution in [0.15, 0.2) is 67.7 Å². The lowest BCUT2D eigenvalue weighted by molar-refractivity contribution is 0.439. The lowest BCUT2D eigenvalue weighted by Gasteiger charge is -2.31. The molecule has 0 bridgehead atoms. The monoisotopic (exact) mass is 942 g/mol. The molecule has 2 atom stereocenters. The molecular formula is C52H58N14O4. The first-order valence-corrected chi connectivity index (χ1v) is 23.9. The third-order valence-electron chi connectivity index (χ3n) is 13.4. The van der Waals surface area contributed by atoms with Crippen LogP contribution in [0.2, 0.25) is 0 Å². The van der Waals surface area contributed by atoms with Crippen molar-refractivity contribution in [1.82, 2.24) is 57.3 Å². The highest BCUT2D eigenvalue weighted by molar-refractivity contribution is 5.81. The van der Waals surface area contributed by atoms with Gasteiger partial charge in [-0.1, -0.05) is 62.1 Å². The van der Waals surface area contributed by atoms with E-state index in [0.29, 0.717) is 70.8 Å². The van der Waals surface area contributed by atoms with Gasteiger partial charge in [0.05, 0.1) is 37.2 Å². The molecule has 0 saturated carbocycles. The van der Waals surface area contributed by atoms with E-state index in [9.17, 15) is 19.2 Å². The van der Waals surface area contributed by atoms with Crippen LogP contribution in [0.4, 0.5) is 11.9 Å². The molecule has 2 aromatic carbocycles. The Balaban J connectivity index is 0.000000174. The van der Waals surface area contributed by atoms with Crippen molar-refractivity contribution in [2.75, 3.05) is 36.0 Å². The Morgan fingerprint density at radius 1 is 0.557 bits per heavy atom. The van der Waals surface area contributed by atoms with E-state index in [1.807, 2.05) is 71.5 Å². The number of rotatable bonds is 8. The van der Waals surface area contributed by atoms with Crippen LogP contribution < -0.4 is 32.3 Å². The van der Waals surface area contributed by atoms with Gasteiger partial charge in [0.25, 0.3) is 11.1 Å². The predicted octanol–water partition coefficient (Wildman–Crippen LogP) is 4.91. The summed E-state index contributed by atoms with van der Waals surface area (Å²) in [4.78, 5) is 86.5. The van der Waals surface area contributed by atoms with Gasteiger partial charge in [0.15, 0.2) is 22.3 Å². The number of anilines is 2. The zero-order valence-corrected chi connectivity index (χ0v) is 41.2. The Hall–Kier alpha value is -7.86. The van der Waals surface area contributed by atoms with Gasteiger partial charge < -0.3 is 9.80 Å². The van der Waals surface area contributed by atoms with Crippen LogP contribution in [-0.2, 0) is 40.3 Å². The van der Waals surface area contributed by atoms with Crippen molar-refractivity contribution >= 4 is 56.0 Å². The molecule has 2 fully saturated rings. The van der Waals surface area contributed by atoms with Crippen molar-refractivity contribution in [3.8, 4) is 23.7 Å². The minimum Gasteiger partial charge on any atom is -0.342 e. The normalized spacial score (nSPS) is 16.0. The molecule has 360 valence electrons. The van der Waals surface area contributed by atoms with Crippen LogP contribution in [0, 0.1) is 49.4 Å². The second kappa shape index (κ2) is 19.6. The van der Waals surface area contributed by atoms with Gasteiger partial charge in [-0.2, -0.15) is 9.97 Å². The molecule has 0 unspecified atom stereocenters. The Labute approximate surface area is 404 Å². The molecule has 10 rings (SSSR count). The van der Waals surface area contributed by atoms with Crippen LogP contribution in [0.5, 0.6) is 0 Å². The molecule has 8 aromatic rings. The first-order valence-electron chi connectivity index (χ1n) is 23.9. The topological polar surface area (TPSA) is 182 Å². The maximum atomic E-state index is 13.8. The molecular weight excluding hydrogens is 885 g/mol. The second-order valence-corrected chi connectivity index (χ2v) is 18.5. The average molecular weight is 943 g/mol. The van der Waals surface area contributed by atoms with Crippen molar-refractivity contribution < 1.29 is 0 Å². The van der Waals surface area contributed by atoms with Crippen LogP contribution in [0.1, 0.15) is 76.4 Å². The fraction of sp³-hybridized carbons (Fsp3) is 0.423.